The number of nitrogens with one attached hydrogen (secondary N) is 1. The van der Waals surface area contributed by atoms with Gasteiger partial charge in [0.05, 0.1) is 11.4 Å². The second kappa shape index (κ2) is 6.64. The third kappa shape index (κ3) is 3.29. The first-order chi connectivity index (χ1) is 10.5. The molecule has 0 atom stereocenters. The Balaban J connectivity index is 2.46. The summed E-state index contributed by atoms with van der Waals surface area (Å²) in [5.41, 5.74) is 0.433. The molecule has 0 bridgehead atoms. The van der Waals surface area contributed by atoms with Crippen molar-refractivity contribution >= 4 is 39.1 Å². The molecule has 0 radical (unpaired) electrons. The van der Waals surface area contributed by atoms with Crippen LogP contribution in [0.5, 0.6) is 0 Å². The second-order valence-corrected chi connectivity index (χ2v) is 6.54. The van der Waals surface area contributed by atoms with E-state index >= 15 is 0 Å². The molecular formula is C15H13ClN2O3S. The van der Waals surface area contributed by atoms with Gasteiger partial charge in [-0.25, -0.2) is 0 Å². The predicted molar refractivity (Wildman–Crippen MR) is 87.2 cm³/mol. The number of para-hydroxylation sites is 2. The van der Waals surface area contributed by atoms with Gasteiger partial charge in [-0.15, -0.1) is 0 Å². The molecule has 0 aromatic heterocycles. The van der Waals surface area contributed by atoms with E-state index in [1.165, 1.54) is 12.1 Å². The van der Waals surface area contributed by atoms with Gasteiger partial charge in [0.15, 0.2) is 0 Å². The third-order valence-electron chi connectivity index (χ3n) is 2.78. The van der Waals surface area contributed by atoms with Crippen LogP contribution in [0.15, 0.2) is 72.1 Å². The summed E-state index contributed by atoms with van der Waals surface area (Å²) in [6.07, 6.45) is 1.05. The molecule has 0 unspecified atom stereocenters. The van der Waals surface area contributed by atoms with E-state index in [2.05, 4.69) is 11.9 Å². The van der Waals surface area contributed by atoms with Crippen LogP contribution in [0.1, 0.15) is 0 Å². The highest BCUT2D eigenvalue weighted by Gasteiger charge is 2.26. The number of carbonyl (C=O) groups is 1. The number of rotatable bonds is 5. The van der Waals surface area contributed by atoms with Crippen LogP contribution in [0.2, 0.25) is 0 Å². The van der Waals surface area contributed by atoms with Crippen molar-refractivity contribution < 1.29 is 13.2 Å². The number of hydrogen-bond donors (Lipinski definition) is 1. The maximum absolute atomic E-state index is 12.6. The molecule has 0 aliphatic rings. The molecule has 5 nitrogen and oxygen atoms in total. The zero-order valence-corrected chi connectivity index (χ0v) is 13.0. The Hall–Kier alpha value is -2.31. The molecule has 2 aromatic carbocycles. The standard InChI is InChI=1S/C15H13ClN2O3S/c1-2-15(19)17-13-10-6-7-11-14(13)22(20,21)18(16)12-8-4-3-5-9-12/h2-11H,1H2,(H,17,19). The summed E-state index contributed by atoms with van der Waals surface area (Å²) in [6, 6.07) is 14.2. The highest BCUT2D eigenvalue weighted by atomic mass is 35.5. The van der Waals surface area contributed by atoms with Gasteiger partial charge in [-0.2, -0.15) is 12.2 Å². The SMILES string of the molecule is C=CC(=O)Nc1ccccc1S(=O)(=O)N(Cl)c1ccccc1. The van der Waals surface area contributed by atoms with E-state index in [4.69, 9.17) is 11.8 Å². The van der Waals surface area contributed by atoms with E-state index in [1.807, 2.05) is 0 Å². The zero-order chi connectivity index (χ0) is 16.2. The van der Waals surface area contributed by atoms with Crippen LogP contribution in [-0.4, -0.2) is 14.3 Å². The minimum Gasteiger partial charge on any atom is -0.321 e. The van der Waals surface area contributed by atoms with Gasteiger partial charge in [0, 0.05) is 11.8 Å². The van der Waals surface area contributed by atoms with Crippen LogP contribution in [0.3, 0.4) is 0 Å². The van der Waals surface area contributed by atoms with Gasteiger partial charge in [-0.05, 0) is 30.3 Å². The van der Waals surface area contributed by atoms with Crippen LogP contribution in [0.4, 0.5) is 11.4 Å². The molecule has 7 heteroatoms. The van der Waals surface area contributed by atoms with Gasteiger partial charge in [-0.1, -0.05) is 36.9 Å². The summed E-state index contributed by atoms with van der Waals surface area (Å²) in [5, 5.41) is 2.45. The molecular weight excluding hydrogens is 324 g/mol. The van der Waals surface area contributed by atoms with Crippen molar-refractivity contribution in [3.05, 3.63) is 67.3 Å². The van der Waals surface area contributed by atoms with E-state index in [0.29, 0.717) is 9.51 Å². The minimum atomic E-state index is -4.03. The molecule has 1 N–H and O–H groups in total. The smallest absolute Gasteiger partial charge is 0.280 e. The summed E-state index contributed by atoms with van der Waals surface area (Å²) in [6.45, 7) is 3.33. The number of carbonyl (C=O) groups excluding carboxylic acids is 1. The lowest BCUT2D eigenvalue weighted by Crippen LogP contribution is -2.23. The van der Waals surface area contributed by atoms with Gasteiger partial charge in [0.25, 0.3) is 10.0 Å². The average Bonchev–Trinajstić information content (AvgIpc) is 2.55. The Labute approximate surface area is 134 Å². The van der Waals surface area contributed by atoms with Crippen LogP contribution in [0.25, 0.3) is 0 Å². The summed E-state index contributed by atoms with van der Waals surface area (Å²) in [4.78, 5) is 11.3. The predicted octanol–water partition coefficient (Wildman–Crippen LogP) is 3.16. The lowest BCUT2D eigenvalue weighted by Gasteiger charge is -2.18. The molecule has 0 saturated heterocycles. The van der Waals surface area contributed by atoms with Gasteiger partial charge >= 0.3 is 0 Å². The molecule has 0 heterocycles. The Bertz CT molecular complexity index is 791. The monoisotopic (exact) mass is 336 g/mol. The number of amides is 1. The average molecular weight is 337 g/mol. The van der Waals surface area contributed by atoms with E-state index in [9.17, 15) is 13.2 Å². The molecule has 0 spiro atoms. The number of benzene rings is 2. The molecule has 2 rings (SSSR count). The first-order valence-electron chi connectivity index (χ1n) is 6.25. The van der Waals surface area contributed by atoms with E-state index in [-0.39, 0.29) is 10.6 Å². The van der Waals surface area contributed by atoms with Crippen molar-refractivity contribution in [2.24, 2.45) is 0 Å². The van der Waals surface area contributed by atoms with E-state index in [0.717, 1.165) is 6.08 Å². The van der Waals surface area contributed by atoms with Crippen molar-refractivity contribution in [3.8, 4) is 0 Å². The fraction of sp³-hybridized carbons (Fsp3) is 0. The van der Waals surface area contributed by atoms with E-state index in [1.54, 1.807) is 42.5 Å². The Kier molecular flexibility index (Phi) is 4.85. The quantitative estimate of drug-likeness (QED) is 0.673. The largest absolute Gasteiger partial charge is 0.321 e. The lowest BCUT2D eigenvalue weighted by molar-refractivity contribution is -0.111. The molecule has 0 aliphatic carbocycles. The molecule has 1 amide bonds. The van der Waals surface area contributed by atoms with Crippen LogP contribution >= 0.6 is 11.8 Å². The zero-order valence-electron chi connectivity index (χ0n) is 11.4. The van der Waals surface area contributed by atoms with Crippen molar-refractivity contribution in [2.75, 3.05) is 9.14 Å². The molecule has 2 aromatic rings. The van der Waals surface area contributed by atoms with Crippen LogP contribution in [0, 0.1) is 0 Å². The van der Waals surface area contributed by atoms with Crippen molar-refractivity contribution in [3.63, 3.8) is 0 Å². The maximum Gasteiger partial charge on any atom is 0.280 e. The number of anilines is 2. The summed E-state index contributed by atoms with van der Waals surface area (Å²) < 4.78 is 25.9. The van der Waals surface area contributed by atoms with Crippen molar-refractivity contribution in [2.45, 2.75) is 4.90 Å². The molecule has 0 saturated carbocycles. The molecule has 22 heavy (non-hydrogen) atoms. The third-order valence-corrected chi connectivity index (χ3v) is 5.06. The molecule has 0 fully saturated rings. The fourth-order valence-corrected chi connectivity index (χ4v) is 3.30. The van der Waals surface area contributed by atoms with Crippen molar-refractivity contribution in [1.82, 2.24) is 0 Å². The second-order valence-electron chi connectivity index (χ2n) is 4.24. The number of halogens is 1. The number of hydrogen-bond acceptors (Lipinski definition) is 3. The normalized spacial score (nSPS) is 10.8. The number of nitrogens with zero attached hydrogens (tertiary/aromatic N) is 1. The Morgan fingerprint density at radius 2 is 1.68 bits per heavy atom. The van der Waals surface area contributed by atoms with Crippen molar-refractivity contribution in [1.29, 1.82) is 0 Å². The highest BCUT2D eigenvalue weighted by Crippen LogP contribution is 2.29. The first kappa shape index (κ1) is 16.1. The fourth-order valence-electron chi connectivity index (χ4n) is 1.75. The summed E-state index contributed by atoms with van der Waals surface area (Å²) in [5.74, 6) is -0.511. The van der Waals surface area contributed by atoms with Gasteiger partial charge in [0.1, 0.15) is 4.90 Å². The Morgan fingerprint density at radius 3 is 2.32 bits per heavy atom. The van der Waals surface area contributed by atoms with Gasteiger partial charge in [-0.3, -0.25) is 4.79 Å². The lowest BCUT2D eigenvalue weighted by atomic mass is 10.3. The minimum absolute atomic E-state index is 0.107. The highest BCUT2D eigenvalue weighted by molar-refractivity contribution is 7.94. The Morgan fingerprint density at radius 1 is 1.09 bits per heavy atom. The van der Waals surface area contributed by atoms with Gasteiger partial charge < -0.3 is 5.32 Å². The van der Waals surface area contributed by atoms with Crippen LogP contribution in [-0.2, 0) is 14.8 Å². The van der Waals surface area contributed by atoms with Crippen LogP contribution < -0.4 is 9.14 Å². The van der Waals surface area contributed by atoms with Gasteiger partial charge in [0.2, 0.25) is 5.91 Å². The topological polar surface area (TPSA) is 66.5 Å². The number of sulfonamides is 1. The van der Waals surface area contributed by atoms with E-state index < -0.39 is 15.9 Å². The molecule has 114 valence electrons. The first-order valence-corrected chi connectivity index (χ1v) is 8.03. The summed E-state index contributed by atoms with van der Waals surface area (Å²) >= 11 is 5.99. The molecule has 0 aliphatic heterocycles. The summed E-state index contributed by atoms with van der Waals surface area (Å²) in [7, 11) is -4.03. The maximum atomic E-state index is 12.6.